The second-order valence-corrected chi connectivity index (χ2v) is 2.74. The Morgan fingerprint density at radius 3 is 2.64 bits per heavy atom. The first-order valence-electron chi connectivity index (χ1n) is 3.24. The first-order chi connectivity index (χ1) is 5.05. The van der Waals surface area contributed by atoms with Crippen LogP contribution in [0.15, 0.2) is 0 Å². The molecule has 1 aliphatic rings. The molecule has 0 bridgehead atoms. The fraction of sp³-hybridized carbons (Fsp3) is 0.833. The van der Waals surface area contributed by atoms with Crippen LogP contribution in [-0.4, -0.2) is 23.9 Å². The molecule has 1 saturated heterocycles. The van der Waals surface area contributed by atoms with Gasteiger partial charge in [-0.2, -0.15) is 8.78 Å². The minimum absolute atomic E-state index is 0.200. The summed E-state index contributed by atoms with van der Waals surface area (Å²) in [6.45, 7) is 0.282. The first-order valence-corrected chi connectivity index (χ1v) is 3.62. The number of ether oxygens (including phenoxy) is 1. The summed E-state index contributed by atoms with van der Waals surface area (Å²) in [5.41, 5.74) is 0. The van der Waals surface area contributed by atoms with E-state index in [1.165, 1.54) is 0 Å². The Bertz CT molecular complexity index is 166. The lowest BCUT2D eigenvalue weighted by molar-refractivity contribution is -0.153. The van der Waals surface area contributed by atoms with Crippen molar-refractivity contribution in [3.8, 4) is 0 Å². The van der Waals surface area contributed by atoms with Crippen molar-refractivity contribution in [2.24, 2.45) is 0 Å². The number of alkyl halides is 2. The number of carbonyl (C=O) groups excluding carboxylic acids is 1. The van der Waals surface area contributed by atoms with Crippen LogP contribution in [-0.2, 0) is 9.53 Å². The molecule has 11 heavy (non-hydrogen) atoms. The summed E-state index contributed by atoms with van der Waals surface area (Å²) in [7, 11) is 0. The molecule has 5 heteroatoms. The van der Waals surface area contributed by atoms with Gasteiger partial charge in [0.25, 0.3) is 5.24 Å². The van der Waals surface area contributed by atoms with E-state index < -0.39 is 17.3 Å². The summed E-state index contributed by atoms with van der Waals surface area (Å²) < 4.78 is 29.9. The van der Waals surface area contributed by atoms with Gasteiger partial charge >= 0.3 is 5.92 Å². The Hall–Kier alpha value is -0.220. The monoisotopic (exact) mass is 184 g/mol. The molecule has 0 aromatic carbocycles. The van der Waals surface area contributed by atoms with Crippen LogP contribution in [0.5, 0.6) is 0 Å². The van der Waals surface area contributed by atoms with Crippen LogP contribution in [0.3, 0.4) is 0 Å². The Morgan fingerprint density at radius 1 is 1.64 bits per heavy atom. The van der Waals surface area contributed by atoms with E-state index in [1.54, 1.807) is 0 Å². The van der Waals surface area contributed by atoms with E-state index in [9.17, 15) is 13.6 Å². The molecule has 1 aliphatic heterocycles. The lowest BCUT2D eigenvalue weighted by Crippen LogP contribution is -2.38. The van der Waals surface area contributed by atoms with Gasteiger partial charge in [-0.05, 0) is 24.4 Å². The van der Waals surface area contributed by atoms with Gasteiger partial charge in [0, 0.05) is 6.61 Å². The van der Waals surface area contributed by atoms with Gasteiger partial charge in [-0.3, -0.25) is 4.79 Å². The molecule has 0 saturated carbocycles. The fourth-order valence-corrected chi connectivity index (χ4v) is 1.11. The van der Waals surface area contributed by atoms with E-state index in [0.717, 1.165) is 0 Å². The third-order valence-electron chi connectivity index (χ3n) is 1.60. The van der Waals surface area contributed by atoms with Crippen molar-refractivity contribution < 1.29 is 18.3 Å². The molecule has 1 atom stereocenters. The number of halogens is 3. The first kappa shape index (κ1) is 8.87. The molecule has 1 heterocycles. The highest BCUT2D eigenvalue weighted by molar-refractivity contribution is 6.65. The molecule has 1 rings (SSSR count). The highest BCUT2D eigenvalue weighted by atomic mass is 35.5. The second-order valence-electron chi connectivity index (χ2n) is 2.40. The number of rotatable bonds is 2. The number of carbonyl (C=O) groups is 1. The molecule has 2 nitrogen and oxygen atoms in total. The van der Waals surface area contributed by atoms with E-state index >= 15 is 0 Å². The Kier molecular flexibility index (Phi) is 2.44. The van der Waals surface area contributed by atoms with Gasteiger partial charge in [0.15, 0.2) is 0 Å². The van der Waals surface area contributed by atoms with E-state index in [1.807, 2.05) is 0 Å². The van der Waals surface area contributed by atoms with Gasteiger partial charge in [0.2, 0.25) is 0 Å². The van der Waals surface area contributed by atoms with E-state index in [-0.39, 0.29) is 13.0 Å². The second kappa shape index (κ2) is 3.03. The summed E-state index contributed by atoms with van der Waals surface area (Å²) in [6, 6.07) is 0. The molecule has 0 radical (unpaired) electrons. The van der Waals surface area contributed by atoms with Crippen molar-refractivity contribution in [1.29, 1.82) is 0 Å². The molecule has 64 valence electrons. The molecule has 0 N–H and O–H groups in total. The molecule has 1 unspecified atom stereocenters. The van der Waals surface area contributed by atoms with Crippen molar-refractivity contribution in [3.63, 3.8) is 0 Å². The summed E-state index contributed by atoms with van der Waals surface area (Å²) in [5.74, 6) is -3.52. The average Bonchev–Trinajstić information content (AvgIpc) is 2.37. The third-order valence-corrected chi connectivity index (χ3v) is 1.85. The SMILES string of the molecule is O=C(Cl)C(F)(F)C1CCCO1. The Morgan fingerprint density at radius 2 is 2.27 bits per heavy atom. The van der Waals surface area contributed by atoms with Crippen LogP contribution in [0.1, 0.15) is 12.8 Å². The van der Waals surface area contributed by atoms with Crippen molar-refractivity contribution in [3.05, 3.63) is 0 Å². The fourth-order valence-electron chi connectivity index (χ4n) is 0.990. The van der Waals surface area contributed by atoms with Gasteiger partial charge in [0.1, 0.15) is 6.10 Å². The molecular formula is C6H7ClF2O2. The van der Waals surface area contributed by atoms with Gasteiger partial charge in [-0.1, -0.05) is 0 Å². The van der Waals surface area contributed by atoms with Crippen molar-refractivity contribution in [2.45, 2.75) is 24.9 Å². The normalized spacial score (nSPS) is 25.5. The maximum atomic E-state index is 12.6. The molecule has 0 aromatic heterocycles. The highest BCUT2D eigenvalue weighted by Gasteiger charge is 2.48. The number of hydrogen-bond acceptors (Lipinski definition) is 2. The van der Waals surface area contributed by atoms with Crippen LogP contribution in [0.25, 0.3) is 0 Å². The van der Waals surface area contributed by atoms with Crippen LogP contribution < -0.4 is 0 Å². The predicted molar refractivity (Wildman–Crippen MR) is 34.8 cm³/mol. The molecule has 0 spiro atoms. The van der Waals surface area contributed by atoms with Crippen molar-refractivity contribution in [1.82, 2.24) is 0 Å². The van der Waals surface area contributed by atoms with E-state index in [0.29, 0.717) is 6.42 Å². The molecule has 0 amide bonds. The van der Waals surface area contributed by atoms with Gasteiger partial charge in [0.05, 0.1) is 0 Å². The average molecular weight is 185 g/mol. The highest BCUT2D eigenvalue weighted by Crippen LogP contribution is 2.30. The topological polar surface area (TPSA) is 26.3 Å². The molecular weight excluding hydrogens is 178 g/mol. The van der Waals surface area contributed by atoms with Crippen LogP contribution in [0.2, 0.25) is 0 Å². The lowest BCUT2D eigenvalue weighted by atomic mass is 10.1. The lowest BCUT2D eigenvalue weighted by Gasteiger charge is -2.17. The zero-order valence-corrected chi connectivity index (χ0v) is 6.40. The number of hydrogen-bond donors (Lipinski definition) is 0. The van der Waals surface area contributed by atoms with Crippen LogP contribution in [0, 0.1) is 0 Å². The smallest absolute Gasteiger partial charge is 0.345 e. The van der Waals surface area contributed by atoms with Gasteiger partial charge in [-0.15, -0.1) is 0 Å². The molecule has 1 fully saturated rings. The minimum atomic E-state index is -3.52. The van der Waals surface area contributed by atoms with Crippen LogP contribution in [0.4, 0.5) is 8.78 Å². The van der Waals surface area contributed by atoms with Crippen LogP contribution >= 0.6 is 11.6 Å². The summed E-state index contributed by atoms with van der Waals surface area (Å²) in [5, 5.41) is -1.63. The van der Waals surface area contributed by atoms with E-state index in [4.69, 9.17) is 0 Å². The molecule has 0 aromatic rings. The van der Waals surface area contributed by atoms with Crippen molar-refractivity contribution >= 4 is 16.8 Å². The standard InChI is InChI=1S/C6H7ClF2O2/c7-5(10)6(8,9)4-2-1-3-11-4/h4H,1-3H2. The largest absolute Gasteiger partial charge is 0.371 e. The maximum absolute atomic E-state index is 12.6. The van der Waals surface area contributed by atoms with E-state index in [2.05, 4.69) is 16.3 Å². The van der Waals surface area contributed by atoms with Crippen molar-refractivity contribution in [2.75, 3.05) is 6.61 Å². The Labute approximate surface area is 67.5 Å². The summed E-state index contributed by atoms with van der Waals surface area (Å²) in [4.78, 5) is 10.2. The predicted octanol–water partition coefficient (Wildman–Crippen LogP) is 1.57. The zero-order valence-electron chi connectivity index (χ0n) is 5.65. The Balaban J connectivity index is 2.62. The molecule has 0 aliphatic carbocycles. The maximum Gasteiger partial charge on any atom is 0.345 e. The van der Waals surface area contributed by atoms with Gasteiger partial charge < -0.3 is 4.74 Å². The quantitative estimate of drug-likeness (QED) is 0.609. The zero-order chi connectivity index (χ0) is 8.48. The minimum Gasteiger partial charge on any atom is -0.371 e. The summed E-state index contributed by atoms with van der Waals surface area (Å²) >= 11 is 4.68. The van der Waals surface area contributed by atoms with Gasteiger partial charge in [-0.25, -0.2) is 0 Å². The summed E-state index contributed by atoms with van der Waals surface area (Å²) in [6.07, 6.45) is -0.553. The third kappa shape index (κ3) is 1.68.